The molecular formula is C11H13N3O4S. The van der Waals surface area contributed by atoms with Crippen molar-refractivity contribution in [2.45, 2.75) is 12.5 Å². The van der Waals surface area contributed by atoms with Crippen molar-refractivity contribution in [3.63, 3.8) is 0 Å². The fraction of sp³-hybridized carbons (Fsp3) is 0.364. The van der Waals surface area contributed by atoms with Crippen molar-refractivity contribution in [1.82, 2.24) is 5.43 Å². The van der Waals surface area contributed by atoms with E-state index in [1.807, 2.05) is 0 Å². The van der Waals surface area contributed by atoms with Crippen LogP contribution in [0.4, 0.5) is 5.69 Å². The van der Waals surface area contributed by atoms with Crippen molar-refractivity contribution in [2.24, 2.45) is 5.10 Å². The first-order valence-corrected chi connectivity index (χ1v) is 7.52. The van der Waals surface area contributed by atoms with Crippen molar-refractivity contribution in [3.8, 4) is 0 Å². The Morgan fingerprint density at radius 3 is 2.79 bits per heavy atom. The molecule has 1 aliphatic heterocycles. The Balaban J connectivity index is 2.02. The van der Waals surface area contributed by atoms with Crippen LogP contribution < -0.4 is 5.43 Å². The molecule has 102 valence electrons. The van der Waals surface area contributed by atoms with Gasteiger partial charge < -0.3 is 5.43 Å². The van der Waals surface area contributed by atoms with Crippen LogP contribution in [0.25, 0.3) is 0 Å². The van der Waals surface area contributed by atoms with Gasteiger partial charge in [-0.1, -0.05) is 12.1 Å². The van der Waals surface area contributed by atoms with E-state index in [1.165, 1.54) is 12.3 Å². The molecule has 1 aromatic carbocycles. The molecule has 2 rings (SSSR count). The molecule has 1 fully saturated rings. The molecule has 19 heavy (non-hydrogen) atoms. The average Bonchev–Trinajstić information content (AvgIpc) is 2.69. The van der Waals surface area contributed by atoms with Gasteiger partial charge in [0.15, 0.2) is 9.84 Å². The summed E-state index contributed by atoms with van der Waals surface area (Å²) in [6.45, 7) is 0. The summed E-state index contributed by atoms with van der Waals surface area (Å²) < 4.78 is 22.5. The van der Waals surface area contributed by atoms with Gasteiger partial charge in [-0.25, -0.2) is 8.42 Å². The van der Waals surface area contributed by atoms with E-state index in [4.69, 9.17) is 0 Å². The van der Waals surface area contributed by atoms with Crippen LogP contribution in [-0.2, 0) is 9.84 Å². The van der Waals surface area contributed by atoms with Crippen molar-refractivity contribution >= 4 is 21.7 Å². The maximum atomic E-state index is 11.2. The van der Waals surface area contributed by atoms with Crippen LogP contribution in [0, 0.1) is 10.1 Å². The summed E-state index contributed by atoms with van der Waals surface area (Å²) in [5.74, 6) is 0.215. The van der Waals surface area contributed by atoms with Crippen LogP contribution in [0.2, 0.25) is 0 Å². The molecular weight excluding hydrogens is 270 g/mol. The zero-order chi connectivity index (χ0) is 13.9. The van der Waals surface area contributed by atoms with Gasteiger partial charge in [0.05, 0.1) is 34.2 Å². The highest BCUT2D eigenvalue weighted by molar-refractivity contribution is 7.91. The van der Waals surface area contributed by atoms with Gasteiger partial charge in [0, 0.05) is 6.07 Å². The molecule has 0 saturated carbocycles. The third-order valence-corrected chi connectivity index (χ3v) is 4.59. The molecule has 0 aromatic heterocycles. The monoisotopic (exact) mass is 283 g/mol. The van der Waals surface area contributed by atoms with E-state index in [-0.39, 0.29) is 23.2 Å². The summed E-state index contributed by atoms with van der Waals surface area (Å²) in [5, 5.41) is 14.7. The number of nitro groups is 1. The topological polar surface area (TPSA) is 102 Å². The van der Waals surface area contributed by atoms with E-state index in [9.17, 15) is 18.5 Å². The van der Waals surface area contributed by atoms with Crippen LogP contribution in [0.1, 0.15) is 12.0 Å². The van der Waals surface area contributed by atoms with Gasteiger partial charge in [0.25, 0.3) is 5.69 Å². The molecule has 1 aliphatic rings. The highest BCUT2D eigenvalue weighted by Gasteiger charge is 2.27. The number of benzene rings is 1. The summed E-state index contributed by atoms with van der Waals surface area (Å²) >= 11 is 0. The first-order chi connectivity index (χ1) is 8.98. The molecule has 0 radical (unpaired) electrons. The van der Waals surface area contributed by atoms with Crippen LogP contribution in [0.15, 0.2) is 29.4 Å². The number of nitrogens with zero attached hydrogens (tertiary/aromatic N) is 2. The van der Waals surface area contributed by atoms with Gasteiger partial charge in [-0.15, -0.1) is 0 Å². The molecule has 1 saturated heterocycles. The molecule has 1 heterocycles. The largest absolute Gasteiger partial charge is 0.306 e. The molecule has 0 spiro atoms. The molecule has 0 aliphatic carbocycles. The molecule has 0 unspecified atom stereocenters. The highest BCUT2D eigenvalue weighted by Crippen LogP contribution is 2.15. The van der Waals surface area contributed by atoms with Crippen LogP contribution >= 0.6 is 0 Å². The van der Waals surface area contributed by atoms with E-state index in [2.05, 4.69) is 10.5 Å². The van der Waals surface area contributed by atoms with Gasteiger partial charge in [0.2, 0.25) is 0 Å². The lowest BCUT2D eigenvalue weighted by Gasteiger charge is -2.05. The summed E-state index contributed by atoms with van der Waals surface area (Å²) in [7, 11) is -2.96. The lowest BCUT2D eigenvalue weighted by molar-refractivity contribution is -0.385. The number of rotatable bonds is 4. The lowest BCUT2D eigenvalue weighted by Crippen LogP contribution is -2.25. The smallest absolute Gasteiger partial charge is 0.278 e. The van der Waals surface area contributed by atoms with Gasteiger partial charge >= 0.3 is 0 Å². The van der Waals surface area contributed by atoms with E-state index < -0.39 is 14.8 Å². The fourth-order valence-electron chi connectivity index (χ4n) is 1.87. The Bertz CT molecular complexity index is 612. The molecule has 1 N–H and O–H groups in total. The molecule has 1 atom stereocenters. The summed E-state index contributed by atoms with van der Waals surface area (Å²) in [5.41, 5.74) is 3.06. The molecule has 0 amide bonds. The number of hydrogen-bond donors (Lipinski definition) is 1. The molecule has 7 nitrogen and oxygen atoms in total. The molecule has 8 heteroatoms. The van der Waals surface area contributed by atoms with Crippen molar-refractivity contribution in [1.29, 1.82) is 0 Å². The Labute approximate surface area is 110 Å². The molecule has 1 aromatic rings. The zero-order valence-electron chi connectivity index (χ0n) is 10.0. The van der Waals surface area contributed by atoms with E-state index >= 15 is 0 Å². The van der Waals surface area contributed by atoms with Gasteiger partial charge in [0.1, 0.15) is 0 Å². The predicted molar refractivity (Wildman–Crippen MR) is 70.9 cm³/mol. The second-order valence-corrected chi connectivity index (χ2v) is 6.53. The van der Waals surface area contributed by atoms with E-state index in [0.717, 1.165) is 0 Å². The second-order valence-electron chi connectivity index (χ2n) is 4.30. The maximum absolute atomic E-state index is 11.2. The SMILES string of the molecule is O=[N+]([O-])c1ccccc1/C=N\N[C@@H]1CCS(=O)(=O)C1. The first-order valence-electron chi connectivity index (χ1n) is 5.70. The maximum Gasteiger partial charge on any atom is 0.278 e. The van der Waals surface area contributed by atoms with Crippen LogP contribution in [-0.4, -0.2) is 37.1 Å². The number of hydrogen-bond acceptors (Lipinski definition) is 6. The third kappa shape index (κ3) is 3.50. The average molecular weight is 283 g/mol. The van der Waals surface area contributed by atoms with Crippen LogP contribution in [0.5, 0.6) is 0 Å². The minimum atomic E-state index is -2.96. The summed E-state index contributed by atoms with van der Waals surface area (Å²) in [4.78, 5) is 10.3. The zero-order valence-corrected chi connectivity index (χ0v) is 10.8. The van der Waals surface area contributed by atoms with Gasteiger partial charge in [-0.3, -0.25) is 10.1 Å². The van der Waals surface area contributed by atoms with Crippen molar-refractivity contribution < 1.29 is 13.3 Å². The normalized spacial score (nSPS) is 21.6. The Hall–Kier alpha value is -1.96. The van der Waals surface area contributed by atoms with Gasteiger partial charge in [-0.2, -0.15) is 5.10 Å². The number of nitrogens with one attached hydrogen (secondary N) is 1. The quantitative estimate of drug-likeness (QED) is 0.498. The second kappa shape index (κ2) is 5.35. The Kier molecular flexibility index (Phi) is 3.79. The number of sulfone groups is 1. The fourth-order valence-corrected chi connectivity index (χ4v) is 3.54. The van der Waals surface area contributed by atoms with Crippen molar-refractivity contribution in [2.75, 3.05) is 11.5 Å². The van der Waals surface area contributed by atoms with Gasteiger partial charge in [-0.05, 0) is 12.5 Å². The highest BCUT2D eigenvalue weighted by atomic mass is 32.2. The third-order valence-electron chi connectivity index (χ3n) is 2.83. The standard InChI is InChI=1S/C11H13N3O4S/c15-14(16)11-4-2-1-3-9(11)7-12-13-10-5-6-19(17,18)8-10/h1-4,7,10,13H,5-6,8H2/b12-7-/t10-/m1/s1. The lowest BCUT2D eigenvalue weighted by atomic mass is 10.2. The Morgan fingerprint density at radius 1 is 1.42 bits per heavy atom. The van der Waals surface area contributed by atoms with Crippen molar-refractivity contribution in [3.05, 3.63) is 39.9 Å². The number of para-hydroxylation sites is 1. The Morgan fingerprint density at radius 2 is 2.16 bits per heavy atom. The number of nitro benzene ring substituents is 1. The number of hydrazone groups is 1. The minimum absolute atomic E-state index is 0.0351. The van der Waals surface area contributed by atoms with E-state index in [1.54, 1.807) is 18.2 Å². The molecule has 0 bridgehead atoms. The van der Waals surface area contributed by atoms with E-state index in [0.29, 0.717) is 12.0 Å². The predicted octanol–water partition coefficient (Wildman–Crippen LogP) is 0.705. The van der Waals surface area contributed by atoms with Crippen LogP contribution in [0.3, 0.4) is 0 Å². The summed E-state index contributed by atoms with van der Waals surface area (Å²) in [6, 6.07) is 6.00. The minimum Gasteiger partial charge on any atom is -0.306 e. The first kappa shape index (κ1) is 13.5. The summed E-state index contributed by atoms with van der Waals surface area (Å²) in [6.07, 6.45) is 1.85.